The highest BCUT2D eigenvalue weighted by Crippen LogP contribution is 2.17. The van der Waals surface area contributed by atoms with E-state index in [1.54, 1.807) is 45.9 Å². The maximum atomic E-state index is 12.8. The van der Waals surface area contributed by atoms with Crippen molar-refractivity contribution in [3.05, 3.63) is 50.4 Å². The average molecular weight is 456 g/mol. The lowest BCUT2D eigenvalue weighted by Gasteiger charge is -2.17. The number of rotatable bonds is 7. The van der Waals surface area contributed by atoms with E-state index < -0.39 is 11.4 Å². The van der Waals surface area contributed by atoms with Gasteiger partial charge in [-0.3, -0.25) is 14.2 Å². The summed E-state index contributed by atoms with van der Waals surface area (Å²) < 4.78 is 6.77. The Balaban J connectivity index is 2.42. The minimum atomic E-state index is -0.820. The first kappa shape index (κ1) is 24.6. The fraction of sp³-hybridized carbons (Fsp3) is 0.318. The summed E-state index contributed by atoms with van der Waals surface area (Å²) in [6.45, 7) is 10.8. The van der Waals surface area contributed by atoms with E-state index in [2.05, 4.69) is 22.2 Å². The van der Waals surface area contributed by atoms with E-state index >= 15 is 0 Å². The van der Waals surface area contributed by atoms with Crippen molar-refractivity contribution >= 4 is 46.6 Å². The molecule has 1 amide bonds. The molecule has 0 spiro atoms. The third kappa shape index (κ3) is 5.92. The van der Waals surface area contributed by atoms with Crippen molar-refractivity contribution in [1.82, 2.24) is 9.55 Å². The van der Waals surface area contributed by atoms with Crippen LogP contribution in [0, 0.1) is 16.7 Å². The molecule has 0 fully saturated rings. The van der Waals surface area contributed by atoms with E-state index in [-0.39, 0.29) is 39.4 Å². The highest BCUT2D eigenvalue weighted by molar-refractivity contribution is 7.07. The predicted octanol–water partition coefficient (Wildman–Crippen LogP) is 1.56. The Kier molecular flexibility index (Phi) is 8.09. The highest BCUT2D eigenvalue weighted by atomic mass is 32.1. The number of nitrogens with zero attached hydrogens (tertiary/aromatic N) is 3. The lowest BCUT2D eigenvalue weighted by Crippen LogP contribution is -2.32. The Labute approximate surface area is 189 Å². The van der Waals surface area contributed by atoms with Crippen molar-refractivity contribution in [2.24, 2.45) is 5.41 Å². The van der Waals surface area contributed by atoms with Crippen LogP contribution in [0.25, 0.3) is 11.8 Å². The van der Waals surface area contributed by atoms with Crippen LogP contribution in [0.4, 0.5) is 11.6 Å². The number of pyridine rings is 1. The Morgan fingerprint density at radius 3 is 2.62 bits per heavy atom. The third-order valence-corrected chi connectivity index (χ3v) is 5.24. The number of thiazole rings is 1. The molecule has 0 radical (unpaired) electrons. The molecule has 0 saturated carbocycles. The van der Waals surface area contributed by atoms with E-state index in [0.29, 0.717) is 11.6 Å². The first-order valence-electron chi connectivity index (χ1n) is 9.79. The van der Waals surface area contributed by atoms with Gasteiger partial charge in [-0.15, -0.1) is 11.3 Å². The first-order valence-corrected chi connectivity index (χ1v) is 10.6. The molecule has 0 atom stereocenters. The van der Waals surface area contributed by atoms with Crippen molar-refractivity contribution in [3.63, 3.8) is 0 Å². The molecule has 2 aromatic heterocycles. The smallest absolute Gasteiger partial charge is 0.352 e. The van der Waals surface area contributed by atoms with E-state index in [4.69, 9.17) is 4.74 Å². The number of carbonyl (C=O) groups is 2. The van der Waals surface area contributed by atoms with Crippen LogP contribution < -0.4 is 25.4 Å². The van der Waals surface area contributed by atoms with Crippen molar-refractivity contribution in [2.75, 3.05) is 17.2 Å². The van der Waals surface area contributed by atoms with Gasteiger partial charge in [0.2, 0.25) is 5.91 Å². The van der Waals surface area contributed by atoms with Crippen LogP contribution in [0.2, 0.25) is 0 Å². The molecular formula is C22H25N5O4S. The minimum Gasteiger partial charge on any atom is -0.457 e. The Hall–Kier alpha value is -3.71. The van der Waals surface area contributed by atoms with Gasteiger partial charge in [-0.25, -0.2) is 9.78 Å². The third-order valence-electron chi connectivity index (χ3n) is 4.11. The number of carbonyl (C=O) groups excluding carboxylic acids is 2. The average Bonchev–Trinajstić information content (AvgIpc) is 3.05. The molecule has 0 unspecified atom stereocenters. The number of hydrogen-bond donors (Lipinski definition) is 2. The quantitative estimate of drug-likeness (QED) is 0.479. The molecular weight excluding hydrogens is 430 g/mol. The molecule has 9 nitrogen and oxygen atoms in total. The zero-order valence-corrected chi connectivity index (χ0v) is 19.2. The van der Waals surface area contributed by atoms with Gasteiger partial charge in [0.1, 0.15) is 33.5 Å². The normalized spacial score (nSPS) is 12.5. The fourth-order valence-corrected chi connectivity index (χ4v) is 3.49. The summed E-state index contributed by atoms with van der Waals surface area (Å²) in [5.41, 5.74) is -1.18. The second-order valence-electron chi connectivity index (χ2n) is 7.60. The monoisotopic (exact) mass is 455 g/mol. The molecule has 2 rings (SSSR count). The lowest BCUT2D eigenvalue weighted by molar-refractivity contribution is -0.135. The predicted molar refractivity (Wildman–Crippen MR) is 124 cm³/mol. The molecule has 0 aromatic carbocycles. The molecule has 168 valence electrons. The fourth-order valence-electron chi connectivity index (χ4n) is 2.41. The van der Waals surface area contributed by atoms with Crippen LogP contribution in [0.3, 0.4) is 0 Å². The summed E-state index contributed by atoms with van der Waals surface area (Å²) >= 11 is 0.991. The van der Waals surface area contributed by atoms with Crippen molar-refractivity contribution in [3.8, 4) is 6.07 Å². The van der Waals surface area contributed by atoms with Gasteiger partial charge < -0.3 is 15.4 Å². The minimum absolute atomic E-state index is 0.0416. The molecule has 2 N–H and O–H groups in total. The Bertz CT molecular complexity index is 1240. The second kappa shape index (κ2) is 10.5. The first-order chi connectivity index (χ1) is 15.1. The number of nitriles is 1. The van der Waals surface area contributed by atoms with Crippen LogP contribution in [0.15, 0.2) is 35.6 Å². The number of amides is 1. The summed E-state index contributed by atoms with van der Waals surface area (Å²) in [6.07, 6.45) is 2.84. The summed E-state index contributed by atoms with van der Waals surface area (Å²) in [6, 6.07) is 6.87. The molecule has 0 bridgehead atoms. The molecule has 32 heavy (non-hydrogen) atoms. The van der Waals surface area contributed by atoms with Gasteiger partial charge >= 0.3 is 5.97 Å². The number of hydrogen-bond acceptors (Lipinski definition) is 8. The summed E-state index contributed by atoms with van der Waals surface area (Å²) in [5, 5.41) is 15.1. The topological polar surface area (TPSA) is 126 Å². The van der Waals surface area contributed by atoms with Gasteiger partial charge in [0.25, 0.3) is 5.56 Å². The molecule has 2 heterocycles. The zero-order chi connectivity index (χ0) is 23.9. The van der Waals surface area contributed by atoms with Crippen molar-refractivity contribution in [2.45, 2.75) is 34.2 Å². The SMILES string of the molecule is C=CCOC(=O)C(C#N)=c1sc(=CNc2cccc(NC(=O)C(C)(C)C)n2)c(=O)n1CC. The van der Waals surface area contributed by atoms with Crippen molar-refractivity contribution in [1.29, 1.82) is 5.26 Å². The molecule has 0 aliphatic heterocycles. The summed E-state index contributed by atoms with van der Waals surface area (Å²) in [5.74, 6) is -0.225. The van der Waals surface area contributed by atoms with Crippen LogP contribution in [0.1, 0.15) is 27.7 Å². The Morgan fingerprint density at radius 1 is 1.34 bits per heavy atom. The molecule has 0 saturated heterocycles. The highest BCUT2D eigenvalue weighted by Gasteiger charge is 2.21. The van der Waals surface area contributed by atoms with Gasteiger partial charge in [-0.2, -0.15) is 5.26 Å². The molecule has 0 aliphatic carbocycles. The second-order valence-corrected chi connectivity index (χ2v) is 8.63. The van der Waals surface area contributed by atoms with Crippen LogP contribution in [-0.4, -0.2) is 28.0 Å². The molecule has 0 aliphatic rings. The Morgan fingerprint density at radius 2 is 2.03 bits per heavy atom. The van der Waals surface area contributed by atoms with E-state index in [1.807, 2.05) is 6.07 Å². The number of aromatic nitrogens is 2. The number of anilines is 2. The molecule has 10 heteroatoms. The van der Waals surface area contributed by atoms with Crippen LogP contribution in [-0.2, 0) is 20.9 Å². The van der Waals surface area contributed by atoms with E-state index in [1.165, 1.54) is 16.8 Å². The number of nitrogens with one attached hydrogen (secondary N) is 2. The standard InChI is InChI=1S/C22H25N5O4S/c1-6-11-31-20(29)14(12-23)19-27(7-2)18(28)15(32-19)13-24-16-9-8-10-17(25-16)26-21(30)22(3,4)5/h6,8-10,13H,1,7,11H2,2-5H3,(H2,24,25,26,30). The maximum Gasteiger partial charge on any atom is 0.352 e. The maximum absolute atomic E-state index is 12.8. The van der Waals surface area contributed by atoms with Gasteiger partial charge in [0.15, 0.2) is 5.57 Å². The van der Waals surface area contributed by atoms with E-state index in [0.717, 1.165) is 11.3 Å². The summed E-state index contributed by atoms with van der Waals surface area (Å²) in [4.78, 5) is 41.4. The van der Waals surface area contributed by atoms with Gasteiger partial charge in [-0.1, -0.05) is 39.5 Å². The number of esters is 1. The number of ether oxygens (including phenoxy) is 1. The zero-order valence-electron chi connectivity index (χ0n) is 18.4. The molecule has 2 aromatic rings. The van der Waals surface area contributed by atoms with Gasteiger partial charge in [-0.05, 0) is 19.1 Å². The van der Waals surface area contributed by atoms with Gasteiger partial charge in [0.05, 0.1) is 0 Å². The summed E-state index contributed by atoms with van der Waals surface area (Å²) in [7, 11) is 0. The van der Waals surface area contributed by atoms with E-state index in [9.17, 15) is 19.6 Å². The van der Waals surface area contributed by atoms with Gasteiger partial charge in [0, 0.05) is 18.2 Å². The lowest BCUT2D eigenvalue weighted by atomic mass is 9.96. The van der Waals surface area contributed by atoms with Crippen molar-refractivity contribution < 1.29 is 14.3 Å². The van der Waals surface area contributed by atoms with Crippen LogP contribution in [0.5, 0.6) is 0 Å². The largest absolute Gasteiger partial charge is 0.457 e. The van der Waals surface area contributed by atoms with Crippen LogP contribution >= 0.6 is 11.3 Å².